The predicted octanol–water partition coefficient (Wildman–Crippen LogP) is 5.94. The van der Waals surface area contributed by atoms with Crippen molar-refractivity contribution in [2.75, 3.05) is 23.7 Å². The Balaban J connectivity index is 2.03. The van der Waals surface area contributed by atoms with Gasteiger partial charge < -0.3 is 10.2 Å². The lowest BCUT2D eigenvalue weighted by atomic mass is 10.1. The third-order valence-electron chi connectivity index (χ3n) is 6.90. The fourth-order valence-corrected chi connectivity index (χ4v) is 6.37. The zero-order valence-electron chi connectivity index (χ0n) is 24.6. The van der Waals surface area contributed by atoms with Gasteiger partial charge in [-0.05, 0) is 74.9 Å². The van der Waals surface area contributed by atoms with Crippen LogP contribution in [0.1, 0.15) is 49.8 Å². The van der Waals surface area contributed by atoms with E-state index in [9.17, 15) is 18.0 Å². The van der Waals surface area contributed by atoms with Crippen LogP contribution >= 0.6 is 11.8 Å². The topological polar surface area (TPSA) is 86.8 Å². The lowest BCUT2D eigenvalue weighted by Gasteiger charge is -2.33. The van der Waals surface area contributed by atoms with Gasteiger partial charge >= 0.3 is 0 Å². The summed E-state index contributed by atoms with van der Waals surface area (Å²) >= 11 is 1.52. The molecule has 0 aliphatic heterocycles. The van der Waals surface area contributed by atoms with Gasteiger partial charge in [0.25, 0.3) is 10.0 Å². The van der Waals surface area contributed by atoms with Crippen LogP contribution in [0.15, 0.2) is 82.6 Å². The maximum absolute atomic E-state index is 14.1. The van der Waals surface area contributed by atoms with Gasteiger partial charge in [-0.2, -0.15) is 0 Å². The van der Waals surface area contributed by atoms with Crippen LogP contribution in [0.25, 0.3) is 0 Å². The van der Waals surface area contributed by atoms with Crippen LogP contribution < -0.4 is 9.62 Å². The normalized spacial score (nSPS) is 12.0. The number of unbranched alkanes of at least 4 members (excludes halogenated alkanes) is 1. The largest absolute Gasteiger partial charge is 0.354 e. The highest BCUT2D eigenvalue weighted by Gasteiger charge is 2.33. The van der Waals surface area contributed by atoms with Crippen LogP contribution in [0.4, 0.5) is 5.69 Å². The number of thioether (sulfide) groups is 1. The molecular weight excluding hydrogens is 555 g/mol. The highest BCUT2D eigenvalue weighted by Crippen LogP contribution is 2.27. The molecule has 7 nitrogen and oxygen atoms in total. The van der Waals surface area contributed by atoms with E-state index in [1.807, 2.05) is 70.3 Å². The number of nitrogens with one attached hydrogen (secondary N) is 1. The molecule has 0 fully saturated rings. The second-order valence-corrected chi connectivity index (χ2v) is 12.8. The summed E-state index contributed by atoms with van der Waals surface area (Å²) in [4.78, 5) is 30.0. The number of hydrogen-bond acceptors (Lipinski definition) is 5. The van der Waals surface area contributed by atoms with E-state index in [0.29, 0.717) is 18.7 Å². The molecule has 9 heteroatoms. The van der Waals surface area contributed by atoms with Crippen molar-refractivity contribution in [3.05, 3.63) is 89.5 Å². The molecule has 0 aromatic heterocycles. The first-order valence-corrected chi connectivity index (χ1v) is 16.6. The predicted molar refractivity (Wildman–Crippen MR) is 168 cm³/mol. The van der Waals surface area contributed by atoms with Crippen molar-refractivity contribution in [3.8, 4) is 0 Å². The highest BCUT2D eigenvalue weighted by molar-refractivity contribution is 7.98. The minimum atomic E-state index is -4.09. The van der Waals surface area contributed by atoms with Crippen LogP contribution in [-0.2, 0) is 26.2 Å². The molecule has 41 heavy (non-hydrogen) atoms. The van der Waals surface area contributed by atoms with E-state index in [1.165, 1.54) is 16.7 Å². The number of carbonyl (C=O) groups is 2. The van der Waals surface area contributed by atoms with Gasteiger partial charge in [-0.25, -0.2) is 8.42 Å². The molecule has 0 heterocycles. The average Bonchev–Trinajstić information content (AvgIpc) is 2.96. The molecule has 1 N–H and O–H groups in total. The minimum Gasteiger partial charge on any atom is -0.354 e. The SMILES string of the molecule is CCCCNC(=O)[C@H](CC)N(Cc1cccc(C)c1)C(=O)CN(c1ccc(C)cc1)S(=O)(=O)c1ccc(SC)cc1. The molecule has 1 atom stereocenters. The van der Waals surface area contributed by atoms with Gasteiger partial charge in [0.1, 0.15) is 12.6 Å². The van der Waals surface area contributed by atoms with Crippen molar-refractivity contribution in [2.24, 2.45) is 0 Å². The molecule has 0 aliphatic rings. The molecule has 0 saturated heterocycles. The molecule has 0 saturated carbocycles. The Kier molecular flexibility index (Phi) is 11.8. The number of rotatable bonds is 14. The first-order chi connectivity index (χ1) is 19.6. The van der Waals surface area contributed by atoms with E-state index in [1.54, 1.807) is 36.4 Å². The molecule has 0 unspecified atom stereocenters. The Bertz CT molecular complexity index is 1410. The summed E-state index contributed by atoms with van der Waals surface area (Å²) in [7, 11) is -4.09. The first kappa shape index (κ1) is 32.2. The summed E-state index contributed by atoms with van der Waals surface area (Å²) < 4.78 is 29.1. The summed E-state index contributed by atoms with van der Waals surface area (Å²) in [6, 6.07) is 20.7. The number of amides is 2. The van der Waals surface area contributed by atoms with Crippen molar-refractivity contribution in [1.82, 2.24) is 10.2 Å². The number of hydrogen-bond donors (Lipinski definition) is 1. The maximum Gasteiger partial charge on any atom is 0.264 e. The Labute approximate surface area is 249 Å². The van der Waals surface area contributed by atoms with E-state index >= 15 is 0 Å². The Morgan fingerprint density at radius 2 is 1.61 bits per heavy atom. The molecule has 3 aromatic carbocycles. The number of nitrogens with zero attached hydrogens (tertiary/aromatic N) is 2. The maximum atomic E-state index is 14.1. The Morgan fingerprint density at radius 1 is 0.927 bits per heavy atom. The molecule has 0 spiro atoms. The van der Waals surface area contributed by atoms with E-state index < -0.39 is 28.5 Å². The summed E-state index contributed by atoms with van der Waals surface area (Å²) in [5.74, 6) is -0.687. The van der Waals surface area contributed by atoms with Crippen molar-refractivity contribution in [2.45, 2.75) is 69.3 Å². The molecule has 0 bridgehead atoms. The zero-order valence-corrected chi connectivity index (χ0v) is 26.2. The van der Waals surface area contributed by atoms with Crippen LogP contribution in [0.2, 0.25) is 0 Å². The lowest BCUT2D eigenvalue weighted by molar-refractivity contribution is -0.140. The van der Waals surface area contributed by atoms with Crippen molar-refractivity contribution in [1.29, 1.82) is 0 Å². The summed E-state index contributed by atoms with van der Waals surface area (Å²) in [6.45, 7) is 8.06. The van der Waals surface area contributed by atoms with Gasteiger partial charge in [0.05, 0.1) is 10.6 Å². The van der Waals surface area contributed by atoms with E-state index in [2.05, 4.69) is 5.32 Å². The third-order valence-corrected chi connectivity index (χ3v) is 9.43. The third kappa shape index (κ3) is 8.60. The molecule has 3 rings (SSSR count). The second-order valence-electron chi connectivity index (χ2n) is 10.1. The lowest BCUT2D eigenvalue weighted by Crippen LogP contribution is -2.52. The average molecular weight is 596 g/mol. The summed E-state index contributed by atoms with van der Waals surface area (Å²) in [6.07, 6.45) is 4.09. The Morgan fingerprint density at radius 3 is 2.20 bits per heavy atom. The van der Waals surface area contributed by atoms with Crippen molar-refractivity contribution >= 4 is 39.3 Å². The van der Waals surface area contributed by atoms with Crippen LogP contribution in [-0.4, -0.2) is 50.5 Å². The molecule has 3 aromatic rings. The monoisotopic (exact) mass is 595 g/mol. The Hall–Kier alpha value is -3.30. The second kappa shape index (κ2) is 15.1. The van der Waals surface area contributed by atoms with Crippen LogP contribution in [0, 0.1) is 13.8 Å². The zero-order chi connectivity index (χ0) is 30.0. The number of benzene rings is 3. The number of aryl methyl sites for hydroxylation is 2. The van der Waals surface area contributed by atoms with E-state index in [4.69, 9.17) is 0 Å². The van der Waals surface area contributed by atoms with Crippen LogP contribution in [0.5, 0.6) is 0 Å². The highest BCUT2D eigenvalue weighted by atomic mass is 32.2. The molecule has 220 valence electrons. The van der Waals surface area contributed by atoms with E-state index in [0.717, 1.165) is 38.7 Å². The van der Waals surface area contributed by atoms with Gasteiger partial charge in [-0.3, -0.25) is 13.9 Å². The number of anilines is 1. The standard InChI is InChI=1S/C32H41N3O4S2/c1-6-8-20-33-32(37)30(7-2)34(22-26-11-9-10-25(4)21-26)31(36)23-35(27-14-12-24(3)13-15-27)41(38,39)29-18-16-28(40-5)17-19-29/h9-19,21,30H,6-8,20,22-23H2,1-5H3,(H,33,37)/t30-/m0/s1. The number of sulfonamides is 1. The summed E-state index contributed by atoms with van der Waals surface area (Å²) in [5, 5.41) is 2.96. The molecule has 0 radical (unpaired) electrons. The van der Waals surface area contributed by atoms with Gasteiger partial charge in [-0.1, -0.05) is 67.8 Å². The van der Waals surface area contributed by atoms with Crippen molar-refractivity contribution in [3.63, 3.8) is 0 Å². The van der Waals surface area contributed by atoms with Gasteiger partial charge in [-0.15, -0.1) is 11.8 Å². The van der Waals surface area contributed by atoms with Crippen LogP contribution in [0.3, 0.4) is 0 Å². The molecule has 2 amide bonds. The molecule has 0 aliphatic carbocycles. The fourth-order valence-electron chi connectivity index (χ4n) is 4.55. The van der Waals surface area contributed by atoms with Gasteiger partial charge in [0, 0.05) is 18.0 Å². The fraction of sp³-hybridized carbons (Fsp3) is 0.375. The smallest absolute Gasteiger partial charge is 0.264 e. The van der Waals surface area contributed by atoms with Crippen molar-refractivity contribution < 1.29 is 18.0 Å². The number of carbonyl (C=O) groups excluding carboxylic acids is 2. The minimum absolute atomic E-state index is 0.0956. The first-order valence-electron chi connectivity index (χ1n) is 14.0. The van der Waals surface area contributed by atoms with Gasteiger partial charge in [0.2, 0.25) is 11.8 Å². The van der Waals surface area contributed by atoms with Gasteiger partial charge in [0.15, 0.2) is 0 Å². The quantitative estimate of drug-likeness (QED) is 0.184. The summed E-state index contributed by atoms with van der Waals surface area (Å²) in [5.41, 5.74) is 3.26. The molecular formula is C32H41N3O4S2. The van der Waals surface area contributed by atoms with E-state index in [-0.39, 0.29) is 17.3 Å².